The van der Waals surface area contributed by atoms with E-state index in [4.69, 9.17) is 14.9 Å². The number of anilines is 2. The van der Waals surface area contributed by atoms with Crippen LogP contribution in [0.4, 0.5) is 11.6 Å². The Balaban J connectivity index is 1.21. The normalized spacial score (nSPS) is 24.1. The average molecular weight is 615 g/mol. The molecule has 5 heterocycles. The number of thiophene rings is 1. The summed E-state index contributed by atoms with van der Waals surface area (Å²) in [6, 6.07) is 5.90. The minimum atomic E-state index is -4.10. The van der Waals surface area contributed by atoms with E-state index in [0.29, 0.717) is 35.7 Å². The van der Waals surface area contributed by atoms with Crippen molar-refractivity contribution in [3.63, 3.8) is 0 Å². The number of aromatic nitrogens is 3. The summed E-state index contributed by atoms with van der Waals surface area (Å²) in [6.07, 6.45) is 5.59. The molecule has 14 heteroatoms. The number of carbonyl (C=O) groups is 1. The lowest BCUT2D eigenvalue weighted by Gasteiger charge is -2.27. The van der Waals surface area contributed by atoms with Gasteiger partial charge in [0, 0.05) is 41.7 Å². The minimum Gasteiger partial charge on any atom is -0.393 e. The smallest absolute Gasteiger partial charge is 0.333 e. The van der Waals surface area contributed by atoms with Crippen molar-refractivity contribution in [2.75, 3.05) is 36.5 Å². The third-order valence-electron chi connectivity index (χ3n) is 8.20. The third-order valence-corrected chi connectivity index (χ3v) is 9.73. The van der Waals surface area contributed by atoms with Gasteiger partial charge in [-0.05, 0) is 56.7 Å². The van der Waals surface area contributed by atoms with Gasteiger partial charge < -0.3 is 20.1 Å². The van der Waals surface area contributed by atoms with E-state index >= 15 is 0 Å². The maximum atomic E-state index is 13.8. The van der Waals surface area contributed by atoms with E-state index in [2.05, 4.69) is 36.5 Å². The summed E-state index contributed by atoms with van der Waals surface area (Å²) in [5.74, 6) is 0.671. The second kappa shape index (κ2) is 11.9. The van der Waals surface area contributed by atoms with Gasteiger partial charge in [0.2, 0.25) is 5.78 Å². The number of nitrogens with two attached hydrogens (primary N) is 1. The Morgan fingerprint density at radius 2 is 2.10 bits per heavy atom. The Morgan fingerprint density at radius 1 is 1.29 bits per heavy atom. The molecule has 1 saturated carbocycles. The number of aliphatic hydroxyl groups is 1. The van der Waals surface area contributed by atoms with Gasteiger partial charge in [-0.15, -0.1) is 11.3 Å². The van der Waals surface area contributed by atoms with Crippen molar-refractivity contribution in [1.82, 2.24) is 15.0 Å². The lowest BCUT2D eigenvalue weighted by molar-refractivity contribution is 0.0664. The molecule has 4 N–H and O–H groups in total. The molecule has 12 nitrogen and oxygen atoms in total. The highest BCUT2D eigenvalue weighted by Gasteiger charge is 2.35. The van der Waals surface area contributed by atoms with Gasteiger partial charge in [-0.3, -0.25) is 8.98 Å². The molecule has 0 radical (unpaired) electrons. The Kier molecular flexibility index (Phi) is 8.26. The molecule has 1 aliphatic carbocycles. The summed E-state index contributed by atoms with van der Waals surface area (Å²) in [4.78, 5) is 31.1. The Morgan fingerprint density at radius 3 is 2.88 bits per heavy atom. The van der Waals surface area contributed by atoms with Crippen LogP contribution in [0, 0.1) is 12.8 Å². The van der Waals surface area contributed by atoms with Crippen LogP contribution in [0.1, 0.15) is 68.7 Å². The first kappa shape index (κ1) is 29.1. The van der Waals surface area contributed by atoms with Crippen LogP contribution in [0.25, 0.3) is 0 Å². The summed E-state index contributed by atoms with van der Waals surface area (Å²) in [6.45, 7) is 4.37. The van der Waals surface area contributed by atoms with Gasteiger partial charge in [0.05, 0.1) is 35.5 Å². The lowest BCUT2D eigenvalue weighted by atomic mass is 9.97. The van der Waals surface area contributed by atoms with E-state index < -0.39 is 22.3 Å². The van der Waals surface area contributed by atoms with Crippen LogP contribution in [0.15, 0.2) is 30.7 Å². The zero-order chi connectivity index (χ0) is 29.4. The van der Waals surface area contributed by atoms with Gasteiger partial charge in [0.25, 0.3) is 0 Å². The van der Waals surface area contributed by atoms with E-state index in [-0.39, 0.29) is 24.5 Å². The molecular weight excluding hydrogens is 580 g/mol. The van der Waals surface area contributed by atoms with Gasteiger partial charge in [-0.25, -0.2) is 20.1 Å². The highest BCUT2D eigenvalue weighted by molar-refractivity contribution is 7.84. The highest BCUT2D eigenvalue weighted by Crippen LogP contribution is 2.39. The number of aryl methyl sites for hydroxylation is 1. The summed E-state index contributed by atoms with van der Waals surface area (Å²) < 4.78 is 33.3. The van der Waals surface area contributed by atoms with E-state index in [9.17, 15) is 18.3 Å². The Hall–Kier alpha value is -3.01. The van der Waals surface area contributed by atoms with Crippen LogP contribution >= 0.6 is 11.3 Å². The first-order valence-electron chi connectivity index (χ1n) is 14.1. The second-order valence-electron chi connectivity index (χ2n) is 11.1. The number of nitrogens with one attached hydrogen (secondary N) is 1. The Labute approximate surface area is 248 Å². The van der Waals surface area contributed by atoms with Crippen molar-refractivity contribution in [1.29, 1.82) is 0 Å². The molecule has 0 unspecified atom stereocenters. The SMILES string of the molecule is Cc1sc(C(=O)c2cncnc2N[C@@H]2C[C@H](COS(N)(=O)=O)[C@@H](O)C2)cc1[C@H]1OCCc2ccc(N3CCCC3)nc21. The molecule has 0 spiro atoms. The fraction of sp³-hybridized carbons (Fsp3) is 0.500. The van der Waals surface area contributed by atoms with Crippen molar-refractivity contribution < 1.29 is 27.2 Å². The predicted molar refractivity (Wildman–Crippen MR) is 157 cm³/mol. The van der Waals surface area contributed by atoms with Gasteiger partial charge in [0.15, 0.2) is 0 Å². The minimum absolute atomic E-state index is 0.217. The topological polar surface area (TPSA) is 170 Å². The molecule has 42 heavy (non-hydrogen) atoms. The van der Waals surface area contributed by atoms with Crippen molar-refractivity contribution in [2.45, 2.75) is 57.3 Å². The van der Waals surface area contributed by atoms with Crippen molar-refractivity contribution >= 4 is 39.1 Å². The molecule has 3 aromatic heterocycles. The number of rotatable bonds is 9. The number of aliphatic hydroxyl groups excluding tert-OH is 1. The van der Waals surface area contributed by atoms with Crippen LogP contribution in [0.5, 0.6) is 0 Å². The maximum absolute atomic E-state index is 13.8. The maximum Gasteiger partial charge on any atom is 0.333 e. The summed E-state index contributed by atoms with van der Waals surface area (Å²) in [7, 11) is -4.10. The first-order valence-corrected chi connectivity index (χ1v) is 16.4. The Bertz CT molecular complexity index is 1570. The zero-order valence-electron chi connectivity index (χ0n) is 23.2. The largest absolute Gasteiger partial charge is 0.393 e. The third kappa shape index (κ3) is 6.19. The molecule has 1 saturated heterocycles. The summed E-state index contributed by atoms with van der Waals surface area (Å²) >= 11 is 1.40. The van der Waals surface area contributed by atoms with Gasteiger partial charge >= 0.3 is 10.3 Å². The molecule has 224 valence electrons. The highest BCUT2D eigenvalue weighted by atomic mass is 32.2. The molecule has 2 fully saturated rings. The molecule has 0 bridgehead atoms. The first-order chi connectivity index (χ1) is 20.2. The number of pyridine rings is 1. The molecule has 3 aliphatic rings. The van der Waals surface area contributed by atoms with E-state index in [0.717, 1.165) is 41.5 Å². The summed E-state index contributed by atoms with van der Waals surface area (Å²) in [5, 5.41) is 18.6. The van der Waals surface area contributed by atoms with Crippen molar-refractivity contribution in [3.05, 3.63) is 62.9 Å². The monoisotopic (exact) mass is 614 g/mol. The summed E-state index contributed by atoms with van der Waals surface area (Å²) in [5.41, 5.74) is 3.32. The van der Waals surface area contributed by atoms with Crippen LogP contribution in [0.2, 0.25) is 0 Å². The van der Waals surface area contributed by atoms with Crippen LogP contribution < -0.4 is 15.4 Å². The van der Waals surface area contributed by atoms with Gasteiger partial charge in [0.1, 0.15) is 24.1 Å². The number of hydrogen-bond acceptors (Lipinski definition) is 12. The van der Waals surface area contributed by atoms with Crippen LogP contribution in [0.3, 0.4) is 0 Å². The molecule has 2 aliphatic heterocycles. The molecule has 4 atom stereocenters. The lowest BCUT2D eigenvalue weighted by Crippen LogP contribution is -2.24. The predicted octanol–water partition coefficient (Wildman–Crippen LogP) is 2.51. The molecule has 3 aromatic rings. The van der Waals surface area contributed by atoms with E-state index in [1.54, 1.807) is 0 Å². The van der Waals surface area contributed by atoms with E-state index in [1.165, 1.54) is 42.3 Å². The second-order valence-corrected chi connectivity index (χ2v) is 13.5. The van der Waals surface area contributed by atoms with Gasteiger partial charge in [-0.2, -0.15) is 8.42 Å². The number of ketones is 1. The fourth-order valence-electron chi connectivity index (χ4n) is 6.04. The van der Waals surface area contributed by atoms with Crippen LogP contribution in [-0.4, -0.2) is 72.7 Å². The standard InChI is InChI=1S/C28H34N6O6S2/c1-16-20(27-25-17(6-9-39-27)4-5-24(33-25)34-7-2-3-8-34)12-23(41-16)26(36)21-13-30-15-31-28(21)32-19-10-18(22(35)11-19)14-40-42(29,37)38/h4-5,12-13,15,18-19,22,27,35H,2-3,6-11,14H2,1H3,(H2,29,37,38)(H,30,31,32)/t18-,19-,22+,27-/m1/s1. The van der Waals surface area contributed by atoms with Gasteiger partial charge in [-0.1, -0.05) is 6.07 Å². The number of carbonyl (C=O) groups excluding carboxylic acids is 1. The quantitative estimate of drug-likeness (QED) is 0.303. The zero-order valence-corrected chi connectivity index (χ0v) is 24.9. The number of fused-ring (bicyclic) bond motifs is 1. The number of nitrogens with zero attached hydrogens (tertiary/aromatic N) is 4. The fourth-order valence-corrected chi connectivity index (χ4v) is 7.41. The van der Waals surface area contributed by atoms with Crippen molar-refractivity contribution in [3.8, 4) is 0 Å². The van der Waals surface area contributed by atoms with Crippen LogP contribution in [-0.2, 0) is 25.6 Å². The number of hydrogen-bond donors (Lipinski definition) is 3. The average Bonchev–Trinajstić information content (AvgIpc) is 3.71. The molecular formula is C28H34N6O6S2. The van der Waals surface area contributed by atoms with Crippen molar-refractivity contribution in [2.24, 2.45) is 11.1 Å². The number of ether oxygens (including phenoxy) is 1. The molecule has 6 rings (SSSR count). The van der Waals surface area contributed by atoms with E-state index in [1.807, 2.05) is 13.0 Å². The molecule has 0 aromatic carbocycles. The molecule has 0 amide bonds.